The Kier molecular flexibility index (Phi) is 12.9. The highest BCUT2D eigenvalue weighted by atomic mass is 28.4. The van der Waals surface area contributed by atoms with Gasteiger partial charge in [-0.1, -0.05) is 45.0 Å². The molecule has 12 nitrogen and oxygen atoms in total. The van der Waals surface area contributed by atoms with Gasteiger partial charge >= 0.3 is 6.09 Å². The summed E-state index contributed by atoms with van der Waals surface area (Å²) in [5.74, 6) is 0.705. The molecule has 44 heavy (non-hydrogen) atoms. The van der Waals surface area contributed by atoms with Crippen LogP contribution >= 0.6 is 0 Å². The standard InChI is InChI=1S/C31H44N6O6Si/c1-8-37(30(39)43-26-15-13-23(14-16-26)21-42-44(6,7)31(2,3)4)20-27-33-35-29(36-34-27)24-11-9-12-25(19-24)32-28(38)22-41-18-10-17-40-5/h9,11-16,19H,8,10,17-18,20-22H2,1-7H3,(H,32,38). The SMILES string of the molecule is CCN(Cc1nnc(-c2cccc(NC(=O)COCCCOC)c2)nn1)C(=O)Oc1ccc(CO[Si](C)(C)C(C)(C)C)cc1. The molecule has 0 aliphatic carbocycles. The summed E-state index contributed by atoms with van der Waals surface area (Å²) < 4.78 is 22.2. The van der Waals surface area contributed by atoms with E-state index >= 15 is 0 Å². The molecule has 0 saturated carbocycles. The van der Waals surface area contributed by atoms with E-state index in [9.17, 15) is 9.59 Å². The van der Waals surface area contributed by atoms with Crippen molar-refractivity contribution in [3.63, 3.8) is 0 Å². The number of rotatable bonds is 15. The Bertz CT molecular complexity index is 1350. The first-order valence-electron chi connectivity index (χ1n) is 14.6. The molecule has 1 aromatic heterocycles. The lowest BCUT2D eigenvalue weighted by atomic mass is 10.2. The molecule has 238 valence electrons. The van der Waals surface area contributed by atoms with Crippen molar-refractivity contribution in [2.45, 2.75) is 65.4 Å². The zero-order valence-corrected chi connectivity index (χ0v) is 27.8. The van der Waals surface area contributed by atoms with Crippen LogP contribution in [-0.2, 0) is 31.8 Å². The molecule has 0 bridgehead atoms. The highest BCUT2D eigenvalue weighted by molar-refractivity contribution is 6.74. The van der Waals surface area contributed by atoms with Crippen molar-refractivity contribution in [1.82, 2.24) is 25.3 Å². The number of amides is 2. The summed E-state index contributed by atoms with van der Waals surface area (Å²) in [6.45, 7) is 14.8. The summed E-state index contributed by atoms with van der Waals surface area (Å²) in [4.78, 5) is 26.5. The minimum atomic E-state index is -1.86. The van der Waals surface area contributed by atoms with Gasteiger partial charge in [0.05, 0.1) is 13.2 Å². The van der Waals surface area contributed by atoms with Gasteiger partial charge in [0.2, 0.25) is 11.7 Å². The molecule has 0 spiro atoms. The molecule has 0 aliphatic rings. The molecule has 0 saturated heterocycles. The summed E-state index contributed by atoms with van der Waals surface area (Å²) in [5.41, 5.74) is 2.21. The number of benzene rings is 2. The van der Waals surface area contributed by atoms with Crippen LogP contribution in [0.4, 0.5) is 10.5 Å². The van der Waals surface area contributed by atoms with Crippen molar-refractivity contribution >= 4 is 26.0 Å². The summed E-state index contributed by atoms with van der Waals surface area (Å²) in [6.07, 6.45) is 0.183. The molecular formula is C31H44N6O6Si. The van der Waals surface area contributed by atoms with Crippen LogP contribution in [0.3, 0.4) is 0 Å². The van der Waals surface area contributed by atoms with E-state index in [0.29, 0.717) is 49.8 Å². The third-order valence-corrected chi connectivity index (χ3v) is 11.8. The number of nitrogens with one attached hydrogen (secondary N) is 1. The molecule has 3 rings (SSSR count). The molecule has 1 N–H and O–H groups in total. The fourth-order valence-corrected chi connectivity index (χ4v) is 4.57. The summed E-state index contributed by atoms with van der Waals surface area (Å²) >= 11 is 0. The van der Waals surface area contributed by atoms with Crippen LogP contribution in [0.25, 0.3) is 11.4 Å². The van der Waals surface area contributed by atoms with E-state index in [1.54, 1.807) is 43.5 Å². The average Bonchev–Trinajstić information content (AvgIpc) is 2.99. The summed E-state index contributed by atoms with van der Waals surface area (Å²) in [7, 11) is -0.242. The average molecular weight is 625 g/mol. The Labute approximate surface area is 260 Å². The van der Waals surface area contributed by atoms with Crippen molar-refractivity contribution in [2.75, 3.05) is 38.8 Å². The number of nitrogens with zero attached hydrogens (tertiary/aromatic N) is 5. The van der Waals surface area contributed by atoms with Crippen LogP contribution in [0.1, 0.15) is 45.5 Å². The molecule has 0 unspecified atom stereocenters. The van der Waals surface area contributed by atoms with Crippen molar-refractivity contribution in [3.05, 3.63) is 59.9 Å². The van der Waals surface area contributed by atoms with Gasteiger partial charge in [-0.15, -0.1) is 20.4 Å². The van der Waals surface area contributed by atoms with Gasteiger partial charge in [-0.2, -0.15) is 0 Å². The van der Waals surface area contributed by atoms with Crippen molar-refractivity contribution < 1.29 is 28.2 Å². The molecule has 2 amide bonds. The minimum Gasteiger partial charge on any atom is -0.413 e. The van der Waals surface area contributed by atoms with E-state index in [2.05, 4.69) is 59.6 Å². The van der Waals surface area contributed by atoms with E-state index in [4.69, 9.17) is 18.6 Å². The number of methoxy groups -OCH3 is 1. The second-order valence-corrected chi connectivity index (χ2v) is 16.6. The normalized spacial score (nSPS) is 11.7. The summed E-state index contributed by atoms with van der Waals surface area (Å²) in [6, 6.07) is 14.4. The number of anilines is 1. The number of ether oxygens (including phenoxy) is 3. The highest BCUT2D eigenvalue weighted by Crippen LogP contribution is 2.37. The zero-order chi connectivity index (χ0) is 32.2. The molecule has 3 aromatic rings. The van der Waals surface area contributed by atoms with Crippen LogP contribution in [0.15, 0.2) is 48.5 Å². The van der Waals surface area contributed by atoms with Crippen molar-refractivity contribution in [2.24, 2.45) is 0 Å². The van der Waals surface area contributed by atoms with Gasteiger partial charge < -0.3 is 28.9 Å². The van der Waals surface area contributed by atoms with Gasteiger partial charge in [-0.25, -0.2) is 4.79 Å². The Balaban J connectivity index is 1.53. The monoisotopic (exact) mass is 624 g/mol. The third kappa shape index (κ3) is 10.7. The van der Waals surface area contributed by atoms with Crippen LogP contribution in [0.5, 0.6) is 5.75 Å². The molecule has 13 heteroatoms. The lowest BCUT2D eigenvalue weighted by molar-refractivity contribution is -0.120. The second-order valence-electron chi connectivity index (χ2n) is 11.7. The van der Waals surface area contributed by atoms with Gasteiger partial charge in [0, 0.05) is 38.1 Å². The lowest BCUT2D eigenvalue weighted by Crippen LogP contribution is -2.40. The molecule has 0 radical (unpaired) electrons. The topological polar surface area (TPSA) is 138 Å². The first kappa shape index (κ1) is 34.7. The van der Waals surface area contributed by atoms with Gasteiger partial charge in [0.25, 0.3) is 0 Å². The Morgan fingerprint density at radius 2 is 1.68 bits per heavy atom. The zero-order valence-electron chi connectivity index (χ0n) is 26.8. The van der Waals surface area contributed by atoms with Crippen LogP contribution in [-0.4, -0.2) is 79.1 Å². The number of carbonyl (C=O) groups excluding carboxylic acids is 2. The highest BCUT2D eigenvalue weighted by Gasteiger charge is 2.37. The number of carbonyl (C=O) groups is 2. The van der Waals surface area contributed by atoms with Crippen molar-refractivity contribution in [1.29, 1.82) is 0 Å². The lowest BCUT2D eigenvalue weighted by Gasteiger charge is -2.36. The Morgan fingerprint density at radius 1 is 0.977 bits per heavy atom. The van der Waals surface area contributed by atoms with E-state index in [0.717, 1.165) is 5.56 Å². The largest absolute Gasteiger partial charge is 0.415 e. The van der Waals surface area contributed by atoms with E-state index in [1.165, 1.54) is 4.90 Å². The molecule has 0 aliphatic heterocycles. The van der Waals surface area contributed by atoms with E-state index < -0.39 is 14.4 Å². The first-order chi connectivity index (χ1) is 20.9. The Morgan fingerprint density at radius 3 is 2.32 bits per heavy atom. The van der Waals surface area contributed by atoms with E-state index in [-0.39, 0.29) is 35.7 Å². The number of hydrogen-bond acceptors (Lipinski definition) is 10. The first-order valence-corrected chi connectivity index (χ1v) is 17.6. The molecule has 0 fully saturated rings. The molecule has 0 atom stereocenters. The maximum Gasteiger partial charge on any atom is 0.415 e. The molecule has 2 aromatic carbocycles. The van der Waals surface area contributed by atoms with Gasteiger partial charge in [-0.05, 0) is 61.3 Å². The van der Waals surface area contributed by atoms with E-state index in [1.807, 2.05) is 19.1 Å². The van der Waals surface area contributed by atoms with Crippen LogP contribution in [0.2, 0.25) is 18.1 Å². The second kappa shape index (κ2) is 16.3. The predicted octanol–water partition coefficient (Wildman–Crippen LogP) is 5.47. The van der Waals surface area contributed by atoms with Gasteiger partial charge in [0.1, 0.15) is 12.4 Å². The maximum atomic E-state index is 12.9. The third-order valence-electron chi connectivity index (χ3n) is 7.30. The van der Waals surface area contributed by atoms with Crippen molar-refractivity contribution in [3.8, 4) is 17.1 Å². The minimum absolute atomic E-state index is 0.0592. The Hall–Kier alpha value is -3.78. The van der Waals surface area contributed by atoms with Crippen LogP contribution in [0, 0.1) is 0 Å². The quantitative estimate of drug-likeness (QED) is 0.171. The maximum absolute atomic E-state index is 12.9. The smallest absolute Gasteiger partial charge is 0.413 e. The fourth-order valence-electron chi connectivity index (χ4n) is 3.61. The molecule has 1 heterocycles. The number of aromatic nitrogens is 4. The number of hydrogen-bond donors (Lipinski definition) is 1. The van der Waals surface area contributed by atoms with Crippen LogP contribution < -0.4 is 10.1 Å². The predicted molar refractivity (Wildman–Crippen MR) is 170 cm³/mol. The van der Waals surface area contributed by atoms with Gasteiger partial charge in [-0.3, -0.25) is 4.79 Å². The van der Waals surface area contributed by atoms with Gasteiger partial charge in [0.15, 0.2) is 14.1 Å². The molecular weight excluding hydrogens is 580 g/mol. The fraction of sp³-hybridized carbons (Fsp3) is 0.484. The summed E-state index contributed by atoms with van der Waals surface area (Å²) in [5, 5.41) is 19.6.